The lowest BCUT2D eigenvalue weighted by molar-refractivity contribution is -0.140. The van der Waals surface area contributed by atoms with Crippen LogP contribution in [0.4, 0.5) is 0 Å². The molecule has 0 saturated carbocycles. The second-order valence-corrected chi connectivity index (χ2v) is 10.8. The van der Waals surface area contributed by atoms with Crippen LogP contribution in [0.25, 0.3) is 0 Å². The van der Waals surface area contributed by atoms with Gasteiger partial charge in [-0.05, 0) is 43.5 Å². The maximum Gasteiger partial charge on any atom is 0.183 e. The molecular formula is C27H29NO4S. The van der Waals surface area contributed by atoms with E-state index in [2.05, 4.69) is 0 Å². The zero-order valence-corrected chi connectivity index (χ0v) is 19.7. The largest absolute Gasteiger partial charge is 0.348 e. The molecule has 1 heterocycles. The van der Waals surface area contributed by atoms with E-state index in [1.54, 1.807) is 30.5 Å². The maximum absolute atomic E-state index is 13.9. The fourth-order valence-corrected chi connectivity index (χ4v) is 5.98. The first kappa shape index (κ1) is 23.4. The van der Waals surface area contributed by atoms with Gasteiger partial charge < -0.3 is 9.47 Å². The average molecular weight is 464 g/mol. The Hall–Kier alpha value is -2.80. The average Bonchev–Trinajstić information content (AvgIpc) is 3.19. The predicted molar refractivity (Wildman–Crippen MR) is 130 cm³/mol. The summed E-state index contributed by atoms with van der Waals surface area (Å²) in [5, 5.41) is -0.829. The summed E-state index contributed by atoms with van der Waals surface area (Å²) in [6.07, 6.45) is 1.56. The molecule has 1 aliphatic rings. The van der Waals surface area contributed by atoms with Crippen molar-refractivity contribution in [2.75, 3.05) is 6.61 Å². The molecule has 0 radical (unpaired) electrons. The first-order valence-corrected chi connectivity index (χ1v) is 12.6. The molecule has 6 heteroatoms. The summed E-state index contributed by atoms with van der Waals surface area (Å²) < 4.78 is 39.8. The molecule has 0 N–H and O–H groups in total. The Morgan fingerprint density at radius 1 is 0.939 bits per heavy atom. The first-order valence-electron chi connectivity index (χ1n) is 11.1. The number of rotatable bonds is 8. The van der Waals surface area contributed by atoms with Gasteiger partial charge in [0.1, 0.15) is 6.10 Å². The van der Waals surface area contributed by atoms with Crippen LogP contribution in [0, 0.1) is 0 Å². The third kappa shape index (κ3) is 5.77. The van der Waals surface area contributed by atoms with Crippen LogP contribution in [-0.2, 0) is 25.7 Å². The standard InChI is InChI=1S/C27H29NO4S/c1-27(2)31-20-24(32-27)26(28-19-22-14-8-4-9-15-22)25(18-21-12-6-3-7-13-21)33(29,30)23-16-10-5-11-17-23/h3-17,19,24-26H,18,20H2,1-2H3/t24-,25+,26+/m1/s1. The number of hydrogen-bond acceptors (Lipinski definition) is 5. The van der Waals surface area contributed by atoms with E-state index in [4.69, 9.17) is 14.5 Å². The van der Waals surface area contributed by atoms with E-state index in [0.717, 1.165) is 11.1 Å². The number of sulfone groups is 1. The summed E-state index contributed by atoms with van der Waals surface area (Å²) in [7, 11) is -3.73. The summed E-state index contributed by atoms with van der Waals surface area (Å²) in [5.74, 6) is -0.793. The number of nitrogens with zero attached hydrogens (tertiary/aromatic N) is 1. The lowest BCUT2D eigenvalue weighted by atomic mass is 10.0. The van der Waals surface area contributed by atoms with Crippen molar-refractivity contribution >= 4 is 16.1 Å². The Morgan fingerprint density at radius 3 is 2.09 bits per heavy atom. The van der Waals surface area contributed by atoms with E-state index in [0.29, 0.717) is 6.42 Å². The number of hydrogen-bond donors (Lipinski definition) is 0. The minimum Gasteiger partial charge on any atom is -0.348 e. The van der Waals surface area contributed by atoms with E-state index in [-0.39, 0.29) is 11.5 Å². The molecule has 3 aromatic carbocycles. The van der Waals surface area contributed by atoms with Crippen LogP contribution in [0.3, 0.4) is 0 Å². The molecule has 33 heavy (non-hydrogen) atoms. The van der Waals surface area contributed by atoms with Crippen molar-refractivity contribution in [1.29, 1.82) is 0 Å². The molecule has 4 rings (SSSR count). The van der Waals surface area contributed by atoms with Gasteiger partial charge in [0.05, 0.1) is 22.8 Å². The van der Waals surface area contributed by atoms with Crippen molar-refractivity contribution in [3.05, 3.63) is 102 Å². The van der Waals surface area contributed by atoms with Crippen molar-refractivity contribution in [2.45, 2.75) is 48.3 Å². The van der Waals surface area contributed by atoms with Crippen molar-refractivity contribution in [2.24, 2.45) is 4.99 Å². The molecule has 1 aliphatic heterocycles. The normalized spacial score (nSPS) is 20.0. The lowest BCUT2D eigenvalue weighted by Crippen LogP contribution is -2.44. The Balaban J connectivity index is 1.78. The van der Waals surface area contributed by atoms with E-state index in [1.165, 1.54) is 0 Å². The molecule has 1 fully saturated rings. The predicted octanol–water partition coefficient (Wildman–Crippen LogP) is 4.71. The van der Waals surface area contributed by atoms with E-state index in [1.807, 2.05) is 80.6 Å². The van der Waals surface area contributed by atoms with Crippen molar-refractivity contribution in [3.8, 4) is 0 Å². The zero-order chi connectivity index (χ0) is 23.3. The molecule has 0 amide bonds. The van der Waals surface area contributed by atoms with Gasteiger partial charge in [-0.1, -0.05) is 78.9 Å². The first-order chi connectivity index (χ1) is 15.9. The monoisotopic (exact) mass is 463 g/mol. The van der Waals surface area contributed by atoms with Gasteiger partial charge in [-0.25, -0.2) is 8.42 Å². The fraction of sp³-hybridized carbons (Fsp3) is 0.296. The smallest absolute Gasteiger partial charge is 0.183 e. The number of ether oxygens (including phenoxy) is 2. The fourth-order valence-electron chi connectivity index (χ4n) is 4.07. The quantitative estimate of drug-likeness (QED) is 0.454. The van der Waals surface area contributed by atoms with Gasteiger partial charge >= 0.3 is 0 Å². The molecule has 1 saturated heterocycles. The van der Waals surface area contributed by atoms with Gasteiger partial charge in [-0.2, -0.15) is 0 Å². The number of aliphatic imine (C=N–C) groups is 1. The molecule has 0 aliphatic carbocycles. The summed E-state index contributed by atoms with van der Waals surface area (Å²) >= 11 is 0. The molecule has 0 spiro atoms. The molecular weight excluding hydrogens is 434 g/mol. The SMILES string of the molecule is CC1(C)OC[C@H]([C@H](N=Cc2ccccc2)[C@H](Cc2ccccc2)S(=O)(=O)c2ccccc2)O1. The minimum absolute atomic E-state index is 0.277. The third-order valence-corrected chi connectivity index (χ3v) is 7.91. The van der Waals surface area contributed by atoms with Crippen LogP contribution in [0.15, 0.2) is 101 Å². The molecule has 0 unspecified atom stereocenters. The molecule has 0 bridgehead atoms. The van der Waals surface area contributed by atoms with Gasteiger partial charge in [0.2, 0.25) is 0 Å². The Bertz CT molecular complexity index is 1160. The molecule has 5 nitrogen and oxygen atoms in total. The van der Waals surface area contributed by atoms with Crippen molar-refractivity contribution in [1.82, 2.24) is 0 Å². The highest BCUT2D eigenvalue weighted by molar-refractivity contribution is 7.92. The van der Waals surface area contributed by atoms with Gasteiger partial charge in [0.15, 0.2) is 15.6 Å². The van der Waals surface area contributed by atoms with Crippen LogP contribution in [0.5, 0.6) is 0 Å². The summed E-state index contributed by atoms with van der Waals surface area (Å²) in [4.78, 5) is 5.10. The lowest BCUT2D eigenvalue weighted by Gasteiger charge is -2.29. The van der Waals surface area contributed by atoms with Gasteiger partial charge in [-0.15, -0.1) is 0 Å². The Kier molecular flexibility index (Phi) is 7.08. The minimum atomic E-state index is -3.73. The summed E-state index contributed by atoms with van der Waals surface area (Å²) in [6.45, 7) is 3.95. The molecule has 0 aromatic heterocycles. The van der Waals surface area contributed by atoms with Crippen LogP contribution < -0.4 is 0 Å². The molecule has 3 atom stereocenters. The maximum atomic E-state index is 13.9. The van der Waals surface area contributed by atoms with Crippen LogP contribution in [0.2, 0.25) is 0 Å². The van der Waals surface area contributed by atoms with Crippen LogP contribution in [-0.4, -0.2) is 44.4 Å². The Labute approximate surface area is 196 Å². The van der Waals surface area contributed by atoms with E-state index >= 15 is 0 Å². The highest BCUT2D eigenvalue weighted by Crippen LogP contribution is 2.32. The molecule has 3 aromatic rings. The second kappa shape index (κ2) is 10.00. The third-order valence-electron chi connectivity index (χ3n) is 5.74. The second-order valence-electron chi connectivity index (χ2n) is 8.63. The number of benzene rings is 3. The highest BCUT2D eigenvalue weighted by Gasteiger charge is 2.45. The zero-order valence-electron chi connectivity index (χ0n) is 18.9. The van der Waals surface area contributed by atoms with E-state index in [9.17, 15) is 8.42 Å². The van der Waals surface area contributed by atoms with Gasteiger partial charge in [-0.3, -0.25) is 4.99 Å². The Morgan fingerprint density at radius 2 is 1.52 bits per heavy atom. The summed E-state index contributed by atoms with van der Waals surface area (Å²) in [5.41, 5.74) is 1.83. The highest BCUT2D eigenvalue weighted by atomic mass is 32.2. The van der Waals surface area contributed by atoms with Gasteiger partial charge in [0, 0.05) is 6.21 Å². The van der Waals surface area contributed by atoms with E-state index < -0.39 is 33.0 Å². The summed E-state index contributed by atoms with van der Waals surface area (Å²) in [6, 6.07) is 27.2. The van der Waals surface area contributed by atoms with Crippen LogP contribution >= 0.6 is 0 Å². The topological polar surface area (TPSA) is 65.0 Å². The van der Waals surface area contributed by atoms with Crippen molar-refractivity contribution in [3.63, 3.8) is 0 Å². The van der Waals surface area contributed by atoms with Crippen LogP contribution in [0.1, 0.15) is 25.0 Å². The molecule has 172 valence electrons. The van der Waals surface area contributed by atoms with Crippen molar-refractivity contribution < 1.29 is 17.9 Å². The van der Waals surface area contributed by atoms with Gasteiger partial charge in [0.25, 0.3) is 0 Å².